The van der Waals surface area contributed by atoms with E-state index < -0.39 is 0 Å². The third kappa shape index (κ3) is 3.69. The van der Waals surface area contributed by atoms with Crippen LogP contribution in [0.15, 0.2) is 24.3 Å². The zero-order valence-corrected chi connectivity index (χ0v) is 14.4. The van der Waals surface area contributed by atoms with E-state index in [-0.39, 0.29) is 0 Å². The summed E-state index contributed by atoms with van der Waals surface area (Å²) in [5, 5.41) is 3.86. The molecule has 1 N–H and O–H groups in total. The number of hydrogen-bond donors (Lipinski definition) is 1. The number of halogens is 1. The van der Waals surface area contributed by atoms with Crippen molar-refractivity contribution in [3.05, 3.63) is 27.8 Å². The molecule has 20 heavy (non-hydrogen) atoms. The lowest BCUT2D eigenvalue weighted by atomic mass is 9.71. The van der Waals surface area contributed by atoms with Crippen LogP contribution in [0.4, 0.5) is 5.69 Å². The third-order valence-corrected chi connectivity index (χ3v) is 5.92. The SMILES string of the molecule is Ic1cccc(NC2CCCCC2C2CCCCC2)c1. The standard InChI is InChI=1S/C18H26IN/c19-15-9-6-10-16(13-15)20-18-12-5-4-11-17(18)14-7-2-1-3-8-14/h6,9-10,13-14,17-18,20H,1-5,7-8,11-12H2. The van der Waals surface area contributed by atoms with Crippen LogP contribution in [0.3, 0.4) is 0 Å². The molecule has 1 aromatic carbocycles. The minimum absolute atomic E-state index is 0.713. The van der Waals surface area contributed by atoms with Gasteiger partial charge in [0.25, 0.3) is 0 Å². The Kier molecular flexibility index (Phi) is 5.24. The topological polar surface area (TPSA) is 12.0 Å². The molecule has 0 radical (unpaired) electrons. The second kappa shape index (κ2) is 7.15. The van der Waals surface area contributed by atoms with Gasteiger partial charge in [-0.2, -0.15) is 0 Å². The fraction of sp³-hybridized carbons (Fsp3) is 0.667. The highest BCUT2D eigenvalue weighted by atomic mass is 127. The van der Waals surface area contributed by atoms with Gasteiger partial charge in [-0.25, -0.2) is 0 Å². The van der Waals surface area contributed by atoms with E-state index in [0.717, 1.165) is 11.8 Å². The fourth-order valence-electron chi connectivity index (χ4n) is 4.26. The molecule has 1 aromatic rings. The Labute approximate surface area is 137 Å². The van der Waals surface area contributed by atoms with Crippen molar-refractivity contribution in [3.63, 3.8) is 0 Å². The molecule has 2 fully saturated rings. The molecular formula is C18H26IN. The Morgan fingerprint density at radius 2 is 1.65 bits per heavy atom. The van der Waals surface area contributed by atoms with Crippen LogP contribution in [0.25, 0.3) is 0 Å². The van der Waals surface area contributed by atoms with Crippen LogP contribution >= 0.6 is 22.6 Å². The predicted molar refractivity (Wildman–Crippen MR) is 95.1 cm³/mol. The molecule has 3 rings (SSSR count). The van der Waals surface area contributed by atoms with Crippen molar-refractivity contribution in [3.8, 4) is 0 Å². The summed E-state index contributed by atoms with van der Waals surface area (Å²) in [6.07, 6.45) is 13.0. The predicted octanol–water partition coefficient (Wildman–Crippen LogP) is 5.84. The highest BCUT2D eigenvalue weighted by Crippen LogP contribution is 2.39. The van der Waals surface area contributed by atoms with Gasteiger partial charge in [0.2, 0.25) is 0 Å². The Morgan fingerprint density at radius 3 is 2.45 bits per heavy atom. The molecular weight excluding hydrogens is 357 g/mol. The van der Waals surface area contributed by atoms with Crippen LogP contribution in [0.1, 0.15) is 57.8 Å². The summed E-state index contributed by atoms with van der Waals surface area (Å²) in [6.45, 7) is 0. The molecule has 0 heterocycles. The van der Waals surface area contributed by atoms with Gasteiger partial charge < -0.3 is 5.32 Å². The smallest absolute Gasteiger partial charge is 0.0353 e. The second-order valence-electron chi connectivity index (χ2n) is 6.61. The van der Waals surface area contributed by atoms with Gasteiger partial charge in [-0.15, -0.1) is 0 Å². The highest BCUT2D eigenvalue weighted by Gasteiger charge is 2.32. The van der Waals surface area contributed by atoms with Crippen molar-refractivity contribution in [2.75, 3.05) is 5.32 Å². The van der Waals surface area contributed by atoms with E-state index in [1.807, 2.05) is 0 Å². The third-order valence-electron chi connectivity index (χ3n) is 5.25. The molecule has 2 atom stereocenters. The average molecular weight is 383 g/mol. The molecule has 0 saturated heterocycles. The first-order valence-electron chi connectivity index (χ1n) is 8.35. The maximum absolute atomic E-state index is 3.86. The fourth-order valence-corrected chi connectivity index (χ4v) is 4.80. The highest BCUT2D eigenvalue weighted by molar-refractivity contribution is 14.1. The summed E-state index contributed by atoms with van der Waals surface area (Å²) in [4.78, 5) is 0. The first kappa shape index (κ1) is 14.7. The summed E-state index contributed by atoms with van der Waals surface area (Å²) >= 11 is 2.41. The molecule has 2 heteroatoms. The number of anilines is 1. The first-order chi connectivity index (χ1) is 9.83. The molecule has 0 bridgehead atoms. The minimum atomic E-state index is 0.713. The average Bonchev–Trinajstić information content (AvgIpc) is 2.49. The van der Waals surface area contributed by atoms with E-state index in [0.29, 0.717) is 6.04 Å². The van der Waals surface area contributed by atoms with Gasteiger partial charge in [-0.05, 0) is 65.5 Å². The van der Waals surface area contributed by atoms with Crippen molar-refractivity contribution >= 4 is 28.3 Å². The lowest BCUT2D eigenvalue weighted by molar-refractivity contribution is 0.180. The van der Waals surface area contributed by atoms with Crippen molar-refractivity contribution in [2.24, 2.45) is 11.8 Å². The lowest BCUT2D eigenvalue weighted by Gasteiger charge is -2.39. The number of benzene rings is 1. The monoisotopic (exact) mass is 383 g/mol. The van der Waals surface area contributed by atoms with Crippen LogP contribution in [-0.4, -0.2) is 6.04 Å². The maximum Gasteiger partial charge on any atom is 0.0353 e. The van der Waals surface area contributed by atoms with Crippen molar-refractivity contribution in [1.82, 2.24) is 0 Å². The van der Waals surface area contributed by atoms with Crippen molar-refractivity contribution in [2.45, 2.75) is 63.8 Å². The minimum Gasteiger partial charge on any atom is -0.382 e. The molecule has 0 aromatic heterocycles. The summed E-state index contributed by atoms with van der Waals surface area (Å²) in [5.74, 6) is 1.91. The Balaban J connectivity index is 1.68. The van der Waals surface area contributed by atoms with Crippen LogP contribution < -0.4 is 5.32 Å². The second-order valence-corrected chi connectivity index (χ2v) is 7.85. The van der Waals surface area contributed by atoms with E-state index in [1.165, 1.54) is 67.0 Å². The van der Waals surface area contributed by atoms with E-state index in [9.17, 15) is 0 Å². The molecule has 1 nitrogen and oxygen atoms in total. The van der Waals surface area contributed by atoms with Crippen LogP contribution in [-0.2, 0) is 0 Å². The normalized spacial score (nSPS) is 28.2. The largest absolute Gasteiger partial charge is 0.382 e. The van der Waals surface area contributed by atoms with Gasteiger partial charge in [-0.3, -0.25) is 0 Å². The number of hydrogen-bond acceptors (Lipinski definition) is 1. The van der Waals surface area contributed by atoms with Crippen molar-refractivity contribution < 1.29 is 0 Å². The molecule has 2 aliphatic carbocycles. The molecule has 2 saturated carbocycles. The Bertz CT molecular complexity index is 425. The number of nitrogens with one attached hydrogen (secondary N) is 1. The molecule has 0 amide bonds. The van der Waals surface area contributed by atoms with Gasteiger partial charge in [0.1, 0.15) is 0 Å². The first-order valence-corrected chi connectivity index (χ1v) is 9.43. The van der Waals surface area contributed by atoms with Crippen molar-refractivity contribution in [1.29, 1.82) is 0 Å². The Morgan fingerprint density at radius 1 is 0.900 bits per heavy atom. The molecule has 2 unspecified atom stereocenters. The van der Waals surface area contributed by atoms with Gasteiger partial charge in [0.05, 0.1) is 0 Å². The van der Waals surface area contributed by atoms with Gasteiger partial charge in [-0.1, -0.05) is 51.0 Å². The maximum atomic E-state index is 3.86. The molecule has 0 aliphatic heterocycles. The molecule has 2 aliphatic rings. The summed E-state index contributed by atoms with van der Waals surface area (Å²) in [7, 11) is 0. The van der Waals surface area contributed by atoms with E-state index >= 15 is 0 Å². The van der Waals surface area contributed by atoms with Gasteiger partial charge >= 0.3 is 0 Å². The molecule has 0 spiro atoms. The van der Waals surface area contributed by atoms with Gasteiger partial charge in [0, 0.05) is 15.3 Å². The van der Waals surface area contributed by atoms with Crippen LogP contribution in [0.2, 0.25) is 0 Å². The zero-order chi connectivity index (χ0) is 13.8. The summed E-state index contributed by atoms with van der Waals surface area (Å²) < 4.78 is 1.33. The summed E-state index contributed by atoms with van der Waals surface area (Å²) in [6, 6.07) is 9.57. The van der Waals surface area contributed by atoms with Crippen LogP contribution in [0, 0.1) is 15.4 Å². The quantitative estimate of drug-likeness (QED) is 0.647. The molecule has 110 valence electrons. The van der Waals surface area contributed by atoms with Crippen LogP contribution in [0.5, 0.6) is 0 Å². The van der Waals surface area contributed by atoms with E-state index in [1.54, 1.807) is 0 Å². The lowest BCUT2D eigenvalue weighted by Crippen LogP contribution is -2.37. The van der Waals surface area contributed by atoms with Gasteiger partial charge in [0.15, 0.2) is 0 Å². The summed E-state index contributed by atoms with van der Waals surface area (Å²) in [5.41, 5.74) is 1.32. The Hall–Kier alpha value is -0.250. The number of rotatable bonds is 3. The van der Waals surface area contributed by atoms with E-state index in [2.05, 4.69) is 52.2 Å². The van der Waals surface area contributed by atoms with E-state index in [4.69, 9.17) is 0 Å². The zero-order valence-electron chi connectivity index (χ0n) is 12.3.